The summed E-state index contributed by atoms with van der Waals surface area (Å²) in [6.07, 6.45) is 0. The normalized spacial score (nSPS) is 11.9. The van der Waals surface area contributed by atoms with E-state index in [4.69, 9.17) is 9.68 Å². The number of hydrogen-bond donors (Lipinski definition) is 0. The maximum Gasteiger partial charge on any atom is 0.290 e. The Morgan fingerprint density at radius 3 is 2.73 bits per heavy atom. The van der Waals surface area contributed by atoms with Gasteiger partial charge < -0.3 is 9.32 Å². The fraction of sp³-hybridized carbons (Fsp3) is 0.400. The first-order valence-electron chi connectivity index (χ1n) is 4.40. The van der Waals surface area contributed by atoms with Crippen molar-refractivity contribution >= 4 is 21.8 Å². The standard InChI is InChI=1S/C10H11BrN2O2/c1-6-4-8(11)15-9(6)10(14)13(3)7(2)5-12/h4,7H,1-3H3. The van der Waals surface area contributed by atoms with E-state index in [0.29, 0.717) is 4.67 Å². The second-order valence-corrected chi connectivity index (χ2v) is 4.07. The molecule has 1 rings (SSSR count). The number of nitrogens with zero attached hydrogens (tertiary/aromatic N) is 2. The van der Waals surface area contributed by atoms with Gasteiger partial charge in [-0.2, -0.15) is 5.26 Å². The second-order valence-electron chi connectivity index (χ2n) is 3.28. The maximum absolute atomic E-state index is 11.8. The first kappa shape index (κ1) is 11.8. The Labute approximate surface area is 96.6 Å². The summed E-state index contributed by atoms with van der Waals surface area (Å²) >= 11 is 3.15. The molecule has 15 heavy (non-hydrogen) atoms. The van der Waals surface area contributed by atoms with Crippen molar-refractivity contribution in [3.63, 3.8) is 0 Å². The Morgan fingerprint density at radius 2 is 2.33 bits per heavy atom. The Bertz CT molecular complexity index is 420. The Balaban J connectivity index is 2.96. The zero-order valence-corrected chi connectivity index (χ0v) is 10.3. The van der Waals surface area contributed by atoms with Crippen LogP contribution in [0.5, 0.6) is 0 Å². The Morgan fingerprint density at radius 1 is 1.73 bits per heavy atom. The van der Waals surface area contributed by atoms with Gasteiger partial charge in [-0.25, -0.2) is 0 Å². The molecule has 0 radical (unpaired) electrons. The predicted octanol–water partition coefficient (Wildman–Crippen LogP) is 2.33. The molecule has 0 spiro atoms. The number of rotatable bonds is 2. The van der Waals surface area contributed by atoms with Crippen molar-refractivity contribution in [3.8, 4) is 6.07 Å². The number of amides is 1. The second kappa shape index (κ2) is 4.49. The van der Waals surface area contributed by atoms with Crippen molar-refractivity contribution in [3.05, 3.63) is 22.1 Å². The number of carbonyl (C=O) groups is 1. The van der Waals surface area contributed by atoms with Crippen LogP contribution in [0.3, 0.4) is 0 Å². The van der Waals surface area contributed by atoms with E-state index in [-0.39, 0.29) is 11.7 Å². The SMILES string of the molecule is Cc1cc(Br)oc1C(=O)N(C)C(C)C#N. The van der Waals surface area contributed by atoms with Crippen LogP contribution in [0.2, 0.25) is 0 Å². The molecule has 1 atom stereocenters. The summed E-state index contributed by atoms with van der Waals surface area (Å²) in [5, 5.41) is 8.69. The molecule has 0 aliphatic heterocycles. The molecule has 1 unspecified atom stereocenters. The molecule has 0 aliphatic rings. The van der Waals surface area contributed by atoms with Crippen LogP contribution in [0.25, 0.3) is 0 Å². The number of furan rings is 1. The van der Waals surface area contributed by atoms with E-state index in [9.17, 15) is 4.79 Å². The molecule has 1 aromatic heterocycles. The van der Waals surface area contributed by atoms with Crippen LogP contribution in [0.1, 0.15) is 23.0 Å². The smallest absolute Gasteiger partial charge is 0.290 e. The van der Waals surface area contributed by atoms with Crippen molar-refractivity contribution in [2.24, 2.45) is 0 Å². The van der Waals surface area contributed by atoms with E-state index in [1.54, 1.807) is 27.0 Å². The van der Waals surface area contributed by atoms with Gasteiger partial charge in [0.25, 0.3) is 5.91 Å². The van der Waals surface area contributed by atoms with Gasteiger partial charge >= 0.3 is 0 Å². The van der Waals surface area contributed by atoms with E-state index in [1.807, 2.05) is 6.07 Å². The predicted molar refractivity (Wildman–Crippen MR) is 58.3 cm³/mol. The van der Waals surface area contributed by atoms with Gasteiger partial charge in [-0.15, -0.1) is 0 Å². The lowest BCUT2D eigenvalue weighted by atomic mass is 10.2. The first-order chi connectivity index (χ1) is 6.97. The molecule has 4 nitrogen and oxygen atoms in total. The average Bonchev–Trinajstić information content (AvgIpc) is 2.54. The summed E-state index contributed by atoms with van der Waals surface area (Å²) in [5.41, 5.74) is 0.754. The molecule has 0 N–H and O–H groups in total. The molecular formula is C10H11BrN2O2. The maximum atomic E-state index is 11.8. The average molecular weight is 271 g/mol. The lowest BCUT2D eigenvalue weighted by molar-refractivity contribution is 0.0739. The molecule has 0 saturated heterocycles. The highest BCUT2D eigenvalue weighted by Crippen LogP contribution is 2.21. The van der Waals surface area contributed by atoms with E-state index < -0.39 is 6.04 Å². The number of aryl methyl sites for hydroxylation is 1. The van der Waals surface area contributed by atoms with Crippen LogP contribution < -0.4 is 0 Å². The lowest BCUT2D eigenvalue weighted by Crippen LogP contribution is -2.34. The topological polar surface area (TPSA) is 57.2 Å². The molecule has 0 saturated carbocycles. The molecule has 1 heterocycles. The minimum Gasteiger partial charge on any atom is -0.444 e. The van der Waals surface area contributed by atoms with Gasteiger partial charge in [0.05, 0.1) is 6.07 Å². The molecular weight excluding hydrogens is 260 g/mol. The molecule has 0 aliphatic carbocycles. The number of hydrogen-bond acceptors (Lipinski definition) is 3. The van der Waals surface area contributed by atoms with Gasteiger partial charge in [0.2, 0.25) is 0 Å². The van der Waals surface area contributed by atoms with Crippen LogP contribution >= 0.6 is 15.9 Å². The lowest BCUT2D eigenvalue weighted by Gasteiger charge is -2.18. The van der Waals surface area contributed by atoms with Gasteiger partial charge in [-0.3, -0.25) is 4.79 Å². The number of carbonyl (C=O) groups excluding carboxylic acids is 1. The third kappa shape index (κ3) is 2.39. The highest BCUT2D eigenvalue weighted by atomic mass is 79.9. The number of halogens is 1. The molecule has 5 heteroatoms. The van der Waals surface area contributed by atoms with Crippen molar-refractivity contribution < 1.29 is 9.21 Å². The van der Waals surface area contributed by atoms with Crippen LogP contribution in [0.15, 0.2) is 15.2 Å². The molecule has 1 aromatic rings. The van der Waals surface area contributed by atoms with Crippen LogP contribution in [0, 0.1) is 18.3 Å². The Kier molecular flexibility index (Phi) is 3.53. The van der Waals surface area contributed by atoms with Crippen molar-refractivity contribution in [1.29, 1.82) is 5.26 Å². The molecule has 1 amide bonds. The number of nitriles is 1. The van der Waals surface area contributed by atoms with Gasteiger partial charge in [0, 0.05) is 12.6 Å². The monoisotopic (exact) mass is 270 g/mol. The summed E-state index contributed by atoms with van der Waals surface area (Å²) < 4.78 is 5.72. The summed E-state index contributed by atoms with van der Waals surface area (Å²) in [6, 6.07) is 3.24. The van der Waals surface area contributed by atoms with Crippen LogP contribution in [0.4, 0.5) is 0 Å². The summed E-state index contributed by atoms with van der Waals surface area (Å²) in [5.74, 6) is -0.0151. The summed E-state index contributed by atoms with van der Waals surface area (Å²) in [7, 11) is 1.58. The van der Waals surface area contributed by atoms with Crippen molar-refractivity contribution in [1.82, 2.24) is 4.90 Å². The minimum absolute atomic E-state index is 0.270. The van der Waals surface area contributed by atoms with Gasteiger partial charge in [-0.1, -0.05) is 0 Å². The van der Waals surface area contributed by atoms with E-state index >= 15 is 0 Å². The van der Waals surface area contributed by atoms with Crippen LogP contribution in [-0.4, -0.2) is 23.9 Å². The third-order valence-corrected chi connectivity index (χ3v) is 2.56. The Hall–Kier alpha value is -1.28. The van der Waals surface area contributed by atoms with E-state index in [1.165, 1.54) is 4.90 Å². The van der Waals surface area contributed by atoms with Gasteiger partial charge in [-0.05, 0) is 35.8 Å². The molecule has 0 aromatic carbocycles. The fourth-order valence-electron chi connectivity index (χ4n) is 1.08. The quantitative estimate of drug-likeness (QED) is 0.829. The van der Waals surface area contributed by atoms with Gasteiger partial charge in [0.15, 0.2) is 10.4 Å². The zero-order valence-electron chi connectivity index (χ0n) is 8.74. The van der Waals surface area contributed by atoms with Gasteiger partial charge in [0.1, 0.15) is 6.04 Å². The van der Waals surface area contributed by atoms with Crippen molar-refractivity contribution in [2.45, 2.75) is 19.9 Å². The largest absolute Gasteiger partial charge is 0.444 e. The minimum atomic E-state index is -0.472. The van der Waals surface area contributed by atoms with E-state index in [2.05, 4.69) is 15.9 Å². The van der Waals surface area contributed by atoms with E-state index in [0.717, 1.165) is 5.56 Å². The summed E-state index contributed by atoms with van der Waals surface area (Å²) in [4.78, 5) is 13.2. The third-order valence-electron chi connectivity index (χ3n) is 2.17. The van der Waals surface area contributed by atoms with Crippen molar-refractivity contribution in [2.75, 3.05) is 7.05 Å². The highest BCUT2D eigenvalue weighted by Gasteiger charge is 2.22. The first-order valence-corrected chi connectivity index (χ1v) is 5.19. The molecule has 80 valence electrons. The summed E-state index contributed by atoms with van der Waals surface area (Å²) in [6.45, 7) is 3.44. The fourth-order valence-corrected chi connectivity index (χ4v) is 1.58. The zero-order chi connectivity index (χ0) is 11.6. The molecule has 0 bridgehead atoms. The highest BCUT2D eigenvalue weighted by molar-refractivity contribution is 9.10. The molecule has 0 fully saturated rings. The van der Waals surface area contributed by atoms with Crippen LogP contribution in [-0.2, 0) is 0 Å².